The molecule has 1 heterocycles. The van der Waals surface area contributed by atoms with Crippen LogP contribution in [0.5, 0.6) is 0 Å². The van der Waals surface area contributed by atoms with Crippen LogP contribution in [0.25, 0.3) is 0 Å². The van der Waals surface area contributed by atoms with Crippen molar-refractivity contribution < 1.29 is 4.74 Å². The summed E-state index contributed by atoms with van der Waals surface area (Å²) in [6, 6.07) is 1.91. The molecule has 1 rings (SSSR count). The first kappa shape index (κ1) is 13.2. The van der Waals surface area contributed by atoms with Gasteiger partial charge in [0.05, 0.1) is 11.1 Å². The lowest BCUT2D eigenvalue weighted by Crippen LogP contribution is -2.19. The van der Waals surface area contributed by atoms with E-state index in [1.54, 1.807) is 7.11 Å². The quantitative estimate of drug-likeness (QED) is 0.801. The summed E-state index contributed by atoms with van der Waals surface area (Å²) in [5.74, 6) is 0.699. The third-order valence-electron chi connectivity index (χ3n) is 2.24. The largest absolute Gasteiger partial charge is 0.380 e. The van der Waals surface area contributed by atoms with Gasteiger partial charge in [-0.05, 0) is 25.6 Å². The Kier molecular flexibility index (Phi) is 5.52. The number of nitrogens with one attached hydrogen (secondary N) is 2. The number of hydrogen-bond acceptors (Lipinski definition) is 4. The van der Waals surface area contributed by atoms with Gasteiger partial charge in [0.25, 0.3) is 0 Å². The van der Waals surface area contributed by atoms with Gasteiger partial charge in [-0.2, -0.15) is 0 Å². The molecule has 0 radical (unpaired) electrons. The predicted molar refractivity (Wildman–Crippen MR) is 67.0 cm³/mol. The minimum atomic E-state index is 0.134. The van der Waals surface area contributed by atoms with E-state index in [0.717, 1.165) is 12.1 Å². The molecule has 16 heavy (non-hydrogen) atoms. The Morgan fingerprint density at radius 2 is 2.31 bits per heavy atom. The fraction of sp³-hybridized carbons (Fsp3) is 0.545. The normalized spacial score (nSPS) is 12.5. The molecule has 0 bridgehead atoms. The summed E-state index contributed by atoms with van der Waals surface area (Å²) in [4.78, 5) is 4.26. The molecule has 90 valence electrons. The van der Waals surface area contributed by atoms with Crippen LogP contribution in [0.4, 0.5) is 5.82 Å². The van der Waals surface area contributed by atoms with Crippen LogP contribution in [0.15, 0.2) is 12.3 Å². The van der Waals surface area contributed by atoms with Crippen molar-refractivity contribution in [2.45, 2.75) is 19.6 Å². The second kappa shape index (κ2) is 6.68. The van der Waals surface area contributed by atoms with E-state index in [0.29, 0.717) is 17.4 Å². The van der Waals surface area contributed by atoms with Crippen molar-refractivity contribution in [3.8, 4) is 0 Å². The summed E-state index contributed by atoms with van der Waals surface area (Å²) < 4.78 is 5.13. The molecule has 4 nitrogen and oxygen atoms in total. The maximum atomic E-state index is 6.10. The fourth-order valence-electron chi connectivity index (χ4n) is 1.23. The van der Waals surface area contributed by atoms with Crippen LogP contribution in [-0.4, -0.2) is 31.8 Å². The van der Waals surface area contributed by atoms with Crippen molar-refractivity contribution in [2.24, 2.45) is 0 Å². The van der Waals surface area contributed by atoms with E-state index >= 15 is 0 Å². The van der Waals surface area contributed by atoms with E-state index in [9.17, 15) is 0 Å². The molecule has 2 N–H and O–H groups in total. The number of hydrogen-bond donors (Lipinski definition) is 2. The Morgan fingerprint density at radius 1 is 1.56 bits per heavy atom. The van der Waals surface area contributed by atoms with Crippen molar-refractivity contribution in [1.29, 1.82) is 0 Å². The number of anilines is 1. The van der Waals surface area contributed by atoms with E-state index in [-0.39, 0.29) is 6.10 Å². The second-order valence-corrected chi connectivity index (χ2v) is 4.04. The van der Waals surface area contributed by atoms with Crippen molar-refractivity contribution in [2.75, 3.05) is 26.0 Å². The van der Waals surface area contributed by atoms with Crippen molar-refractivity contribution >= 4 is 17.4 Å². The molecular formula is C11H18ClN3O. The zero-order chi connectivity index (χ0) is 12.0. The average molecular weight is 244 g/mol. The first-order valence-corrected chi connectivity index (χ1v) is 5.60. The maximum Gasteiger partial charge on any atom is 0.144 e. The topological polar surface area (TPSA) is 46.2 Å². The van der Waals surface area contributed by atoms with E-state index < -0.39 is 0 Å². The zero-order valence-electron chi connectivity index (χ0n) is 9.88. The summed E-state index contributed by atoms with van der Waals surface area (Å²) in [7, 11) is 3.57. The van der Waals surface area contributed by atoms with Gasteiger partial charge in [-0.1, -0.05) is 11.6 Å². The standard InChI is InChI=1S/C11H18ClN3O/c1-8(16-3)5-14-11-10(12)4-9(6-13-2)7-15-11/h4,7-8,13H,5-6H2,1-3H3,(H,14,15). The molecular weight excluding hydrogens is 226 g/mol. The maximum absolute atomic E-state index is 6.10. The summed E-state index contributed by atoms with van der Waals surface area (Å²) >= 11 is 6.10. The highest BCUT2D eigenvalue weighted by atomic mass is 35.5. The summed E-state index contributed by atoms with van der Waals surface area (Å²) in [6.07, 6.45) is 1.94. The molecule has 0 aliphatic heterocycles. The smallest absolute Gasteiger partial charge is 0.144 e. The highest BCUT2D eigenvalue weighted by molar-refractivity contribution is 6.32. The van der Waals surface area contributed by atoms with Crippen molar-refractivity contribution in [1.82, 2.24) is 10.3 Å². The molecule has 0 saturated carbocycles. The van der Waals surface area contributed by atoms with Crippen molar-refractivity contribution in [3.63, 3.8) is 0 Å². The van der Waals surface area contributed by atoms with Gasteiger partial charge in [-0.15, -0.1) is 0 Å². The number of methoxy groups -OCH3 is 1. The summed E-state index contributed by atoms with van der Waals surface area (Å²) in [6.45, 7) is 3.44. The Labute approximate surface area is 101 Å². The Hall–Kier alpha value is -0.840. The molecule has 0 saturated heterocycles. The monoisotopic (exact) mass is 243 g/mol. The lowest BCUT2D eigenvalue weighted by molar-refractivity contribution is 0.128. The zero-order valence-corrected chi connectivity index (χ0v) is 10.6. The number of ether oxygens (including phenoxy) is 1. The van der Waals surface area contributed by atoms with Crippen LogP contribution in [0.3, 0.4) is 0 Å². The predicted octanol–water partition coefficient (Wildman–Crippen LogP) is 1.90. The van der Waals surface area contributed by atoms with Crippen LogP contribution in [0, 0.1) is 0 Å². The van der Waals surface area contributed by atoms with E-state index in [2.05, 4.69) is 15.6 Å². The number of pyridine rings is 1. The van der Waals surface area contributed by atoms with E-state index in [4.69, 9.17) is 16.3 Å². The number of aromatic nitrogens is 1. The van der Waals surface area contributed by atoms with Gasteiger partial charge in [-0.3, -0.25) is 0 Å². The van der Waals surface area contributed by atoms with Gasteiger partial charge in [0, 0.05) is 26.4 Å². The van der Waals surface area contributed by atoms with E-state index in [1.807, 2.05) is 26.2 Å². The van der Waals surface area contributed by atoms with Crippen LogP contribution >= 0.6 is 11.6 Å². The van der Waals surface area contributed by atoms with Crippen LogP contribution in [0.1, 0.15) is 12.5 Å². The number of nitrogens with zero attached hydrogens (tertiary/aromatic N) is 1. The molecule has 0 amide bonds. The summed E-state index contributed by atoms with van der Waals surface area (Å²) in [5, 5.41) is 6.83. The van der Waals surface area contributed by atoms with Gasteiger partial charge in [0.1, 0.15) is 5.82 Å². The van der Waals surface area contributed by atoms with Crippen LogP contribution < -0.4 is 10.6 Å². The minimum absolute atomic E-state index is 0.134. The number of halogens is 1. The van der Waals surface area contributed by atoms with E-state index in [1.165, 1.54) is 0 Å². The molecule has 1 aromatic heterocycles. The van der Waals surface area contributed by atoms with Gasteiger partial charge in [0.2, 0.25) is 0 Å². The molecule has 0 spiro atoms. The third kappa shape index (κ3) is 3.96. The highest BCUT2D eigenvalue weighted by Crippen LogP contribution is 2.19. The van der Waals surface area contributed by atoms with Gasteiger partial charge < -0.3 is 15.4 Å². The Morgan fingerprint density at radius 3 is 2.88 bits per heavy atom. The molecule has 1 unspecified atom stereocenters. The molecule has 0 aliphatic carbocycles. The lowest BCUT2D eigenvalue weighted by atomic mass is 10.3. The molecule has 0 aliphatic rings. The third-order valence-corrected chi connectivity index (χ3v) is 2.53. The Balaban J connectivity index is 2.60. The lowest BCUT2D eigenvalue weighted by Gasteiger charge is -2.12. The van der Waals surface area contributed by atoms with Crippen molar-refractivity contribution in [3.05, 3.63) is 22.8 Å². The first-order valence-electron chi connectivity index (χ1n) is 5.23. The Bertz CT molecular complexity index is 333. The van der Waals surface area contributed by atoms with Gasteiger partial charge in [0.15, 0.2) is 0 Å². The molecule has 1 aromatic rings. The fourth-order valence-corrected chi connectivity index (χ4v) is 1.49. The van der Waals surface area contributed by atoms with Crippen LogP contribution in [0.2, 0.25) is 5.02 Å². The minimum Gasteiger partial charge on any atom is -0.380 e. The number of rotatable bonds is 6. The highest BCUT2D eigenvalue weighted by Gasteiger charge is 2.05. The first-order chi connectivity index (χ1) is 7.67. The second-order valence-electron chi connectivity index (χ2n) is 3.63. The molecule has 5 heteroatoms. The molecule has 0 fully saturated rings. The molecule has 0 aromatic carbocycles. The SMILES string of the molecule is CNCc1cnc(NCC(C)OC)c(Cl)c1. The summed E-state index contributed by atoms with van der Waals surface area (Å²) in [5.41, 5.74) is 1.07. The molecule has 1 atom stereocenters. The van der Waals surface area contributed by atoms with Gasteiger partial charge >= 0.3 is 0 Å². The van der Waals surface area contributed by atoms with Crippen LogP contribution in [-0.2, 0) is 11.3 Å². The van der Waals surface area contributed by atoms with Gasteiger partial charge in [-0.25, -0.2) is 4.98 Å². The average Bonchev–Trinajstić information content (AvgIpc) is 2.28.